The van der Waals surface area contributed by atoms with Crippen molar-refractivity contribution in [2.75, 3.05) is 51.0 Å². The summed E-state index contributed by atoms with van der Waals surface area (Å²) >= 11 is 1.80. The number of aryl methyl sites for hydroxylation is 1. The van der Waals surface area contributed by atoms with Crippen LogP contribution in [0.2, 0.25) is 0 Å². The van der Waals surface area contributed by atoms with Gasteiger partial charge in [0.1, 0.15) is 23.1 Å². The zero-order valence-electron chi connectivity index (χ0n) is 22.8. The van der Waals surface area contributed by atoms with E-state index in [0.717, 1.165) is 65.6 Å². The van der Waals surface area contributed by atoms with E-state index in [1.165, 1.54) is 0 Å². The summed E-state index contributed by atoms with van der Waals surface area (Å²) in [5.74, 6) is 1.89. The van der Waals surface area contributed by atoms with Crippen molar-refractivity contribution in [3.8, 4) is 22.6 Å². The average Bonchev–Trinajstić information content (AvgIpc) is 3.55. The Morgan fingerprint density at radius 1 is 1.11 bits per heavy atom. The van der Waals surface area contributed by atoms with Gasteiger partial charge in [0, 0.05) is 56.8 Å². The Balaban J connectivity index is 0.00000156. The van der Waals surface area contributed by atoms with Crippen molar-refractivity contribution in [1.82, 2.24) is 19.2 Å². The SMILES string of the molecule is CC.COc1cc(-c2cc(OC(C)C3CNC(=O)C3)c3c(C)cnn3c2)ccc1N1CCN(SC)CC1. The van der Waals surface area contributed by atoms with Gasteiger partial charge in [0.25, 0.3) is 0 Å². The van der Waals surface area contributed by atoms with E-state index in [9.17, 15) is 4.79 Å². The van der Waals surface area contributed by atoms with Crippen molar-refractivity contribution in [3.63, 3.8) is 0 Å². The van der Waals surface area contributed by atoms with Gasteiger partial charge in [0.05, 0.1) is 19.0 Å². The summed E-state index contributed by atoms with van der Waals surface area (Å²) < 4.78 is 16.6. The number of piperazine rings is 1. The zero-order valence-corrected chi connectivity index (χ0v) is 23.6. The molecule has 1 N–H and O–H groups in total. The molecule has 9 heteroatoms. The lowest BCUT2D eigenvalue weighted by molar-refractivity contribution is -0.119. The monoisotopic (exact) mass is 525 g/mol. The van der Waals surface area contributed by atoms with Gasteiger partial charge < -0.3 is 19.7 Å². The third kappa shape index (κ3) is 5.83. The Morgan fingerprint density at radius 3 is 2.49 bits per heavy atom. The van der Waals surface area contributed by atoms with Gasteiger partial charge in [-0.2, -0.15) is 5.10 Å². The smallest absolute Gasteiger partial charge is 0.220 e. The molecular formula is C28H39N5O3S. The topological polar surface area (TPSA) is 71.3 Å². The minimum Gasteiger partial charge on any atom is -0.495 e. The number of methoxy groups -OCH3 is 1. The van der Waals surface area contributed by atoms with Crippen molar-refractivity contribution in [1.29, 1.82) is 0 Å². The van der Waals surface area contributed by atoms with Crippen LogP contribution in [0.15, 0.2) is 36.7 Å². The molecule has 2 aliphatic rings. The molecule has 2 atom stereocenters. The number of ether oxygens (including phenoxy) is 2. The number of aromatic nitrogens is 2. The van der Waals surface area contributed by atoms with Crippen molar-refractivity contribution < 1.29 is 14.3 Å². The van der Waals surface area contributed by atoms with Gasteiger partial charge in [-0.25, -0.2) is 8.82 Å². The minimum atomic E-state index is -0.0980. The Kier molecular flexibility index (Phi) is 8.87. The maximum Gasteiger partial charge on any atom is 0.220 e. The van der Waals surface area contributed by atoms with Crippen LogP contribution in [0, 0.1) is 12.8 Å². The number of benzene rings is 1. The fourth-order valence-corrected chi connectivity index (χ4v) is 5.49. The number of anilines is 1. The zero-order chi connectivity index (χ0) is 26.5. The first kappa shape index (κ1) is 27.1. The molecule has 4 heterocycles. The van der Waals surface area contributed by atoms with E-state index in [2.05, 4.69) is 50.1 Å². The van der Waals surface area contributed by atoms with Gasteiger partial charge in [-0.1, -0.05) is 31.9 Å². The lowest BCUT2D eigenvalue weighted by atomic mass is 10.0. The van der Waals surface area contributed by atoms with Gasteiger partial charge in [0.2, 0.25) is 5.91 Å². The summed E-state index contributed by atoms with van der Waals surface area (Å²) in [4.78, 5) is 14.1. The van der Waals surface area contributed by atoms with Gasteiger partial charge in [-0.3, -0.25) is 4.79 Å². The van der Waals surface area contributed by atoms with Crippen LogP contribution in [0.1, 0.15) is 32.8 Å². The first-order valence-corrected chi connectivity index (χ1v) is 14.3. The lowest BCUT2D eigenvalue weighted by Crippen LogP contribution is -2.43. The predicted octanol–water partition coefficient (Wildman–Crippen LogP) is 4.65. The van der Waals surface area contributed by atoms with Crippen LogP contribution in [0.25, 0.3) is 16.6 Å². The molecule has 2 saturated heterocycles. The second kappa shape index (κ2) is 12.1. The Labute approximate surface area is 224 Å². The maximum atomic E-state index is 11.7. The number of nitrogens with zero attached hydrogens (tertiary/aromatic N) is 4. The molecule has 2 aliphatic heterocycles. The molecule has 0 aliphatic carbocycles. The molecular weight excluding hydrogens is 486 g/mol. The van der Waals surface area contributed by atoms with Crippen molar-refractivity contribution in [2.24, 2.45) is 5.92 Å². The largest absolute Gasteiger partial charge is 0.495 e. The van der Waals surface area contributed by atoms with Gasteiger partial charge in [0.15, 0.2) is 0 Å². The summed E-state index contributed by atoms with van der Waals surface area (Å²) in [5, 5.41) is 7.46. The predicted molar refractivity (Wildman–Crippen MR) is 152 cm³/mol. The van der Waals surface area contributed by atoms with Crippen LogP contribution in [-0.2, 0) is 4.79 Å². The summed E-state index contributed by atoms with van der Waals surface area (Å²) in [7, 11) is 1.73. The van der Waals surface area contributed by atoms with E-state index in [1.54, 1.807) is 19.1 Å². The number of amides is 1. The van der Waals surface area contributed by atoms with Crippen LogP contribution in [-0.4, -0.2) is 72.0 Å². The number of fused-ring (bicyclic) bond motifs is 1. The van der Waals surface area contributed by atoms with E-state index in [4.69, 9.17) is 9.47 Å². The second-order valence-corrected chi connectivity index (χ2v) is 10.2. The van der Waals surface area contributed by atoms with Crippen LogP contribution >= 0.6 is 11.9 Å². The molecule has 1 amide bonds. The highest BCUT2D eigenvalue weighted by Crippen LogP contribution is 2.37. The first-order chi connectivity index (χ1) is 18.0. The van der Waals surface area contributed by atoms with E-state index in [0.29, 0.717) is 13.0 Å². The van der Waals surface area contributed by atoms with E-state index in [-0.39, 0.29) is 17.9 Å². The molecule has 0 saturated carbocycles. The Hall–Kier alpha value is -2.91. The molecule has 0 bridgehead atoms. The number of carbonyl (C=O) groups is 1. The highest BCUT2D eigenvalue weighted by molar-refractivity contribution is 7.96. The standard InChI is InChI=1S/C26H33N5O3S.C2H6/c1-17-14-28-31-16-21(12-24(26(17)31)34-18(2)20-13-25(32)27-15-20)19-5-6-22(23(11-19)33-3)29-7-9-30(35-4)10-8-29;1-2/h5-6,11-12,14,16,18,20H,7-10,13,15H2,1-4H3,(H,27,32);1-2H3. The average molecular weight is 526 g/mol. The van der Waals surface area contributed by atoms with E-state index in [1.807, 2.05) is 44.6 Å². The number of nitrogens with one attached hydrogen (secondary N) is 1. The summed E-state index contributed by atoms with van der Waals surface area (Å²) in [6, 6.07) is 8.47. The molecule has 2 aromatic heterocycles. The second-order valence-electron chi connectivity index (χ2n) is 9.29. The Morgan fingerprint density at radius 2 is 1.84 bits per heavy atom. The summed E-state index contributed by atoms with van der Waals surface area (Å²) in [6.45, 7) is 12.7. The number of hydrogen-bond donors (Lipinski definition) is 1. The summed E-state index contributed by atoms with van der Waals surface area (Å²) in [5.41, 5.74) is 5.17. The number of hydrogen-bond acceptors (Lipinski definition) is 7. The lowest BCUT2D eigenvalue weighted by Gasteiger charge is -2.35. The molecule has 2 unspecified atom stereocenters. The molecule has 1 aromatic carbocycles. The highest BCUT2D eigenvalue weighted by atomic mass is 32.2. The molecule has 8 nitrogen and oxygen atoms in total. The van der Waals surface area contributed by atoms with Crippen molar-refractivity contribution >= 4 is 29.1 Å². The third-order valence-electron chi connectivity index (χ3n) is 7.10. The Bertz CT molecular complexity index is 1220. The first-order valence-electron chi connectivity index (χ1n) is 13.1. The molecule has 5 rings (SSSR count). The molecule has 37 heavy (non-hydrogen) atoms. The van der Waals surface area contributed by atoms with Gasteiger partial charge in [-0.05, 0) is 49.4 Å². The fourth-order valence-electron chi connectivity index (χ4n) is 4.97. The number of rotatable bonds is 7. The maximum absolute atomic E-state index is 11.7. The molecule has 0 radical (unpaired) electrons. The van der Waals surface area contributed by atoms with Crippen LogP contribution in [0.4, 0.5) is 5.69 Å². The fraction of sp³-hybridized carbons (Fsp3) is 0.500. The minimum absolute atomic E-state index is 0.0897. The van der Waals surface area contributed by atoms with E-state index >= 15 is 0 Å². The van der Waals surface area contributed by atoms with Crippen LogP contribution in [0.5, 0.6) is 11.5 Å². The summed E-state index contributed by atoms with van der Waals surface area (Å²) in [6.07, 6.45) is 6.42. The van der Waals surface area contributed by atoms with Gasteiger partial charge in [-0.15, -0.1) is 0 Å². The molecule has 2 fully saturated rings. The van der Waals surface area contributed by atoms with Crippen molar-refractivity contribution in [2.45, 2.75) is 40.2 Å². The quantitative estimate of drug-likeness (QED) is 0.450. The van der Waals surface area contributed by atoms with Crippen LogP contribution in [0.3, 0.4) is 0 Å². The molecule has 200 valence electrons. The van der Waals surface area contributed by atoms with Crippen molar-refractivity contribution in [3.05, 3.63) is 42.2 Å². The number of pyridine rings is 1. The molecule has 0 spiro atoms. The third-order valence-corrected chi connectivity index (χ3v) is 7.98. The molecule has 3 aromatic rings. The normalized spacial score (nSPS) is 18.8. The van der Waals surface area contributed by atoms with E-state index < -0.39 is 0 Å². The highest BCUT2D eigenvalue weighted by Gasteiger charge is 2.29. The van der Waals surface area contributed by atoms with Crippen LogP contribution < -0.4 is 19.7 Å². The number of carbonyl (C=O) groups excluding carboxylic acids is 1. The van der Waals surface area contributed by atoms with Gasteiger partial charge >= 0.3 is 0 Å².